The Hall–Kier alpha value is -2.11. The van der Waals surface area contributed by atoms with Gasteiger partial charge in [-0.25, -0.2) is 9.59 Å². The highest BCUT2D eigenvalue weighted by molar-refractivity contribution is 5.82. The third-order valence-electron chi connectivity index (χ3n) is 2.73. The number of carboxylic acid groups (broad SMARTS) is 1. The molecule has 0 aliphatic heterocycles. The first-order valence-electron chi connectivity index (χ1n) is 6.24. The van der Waals surface area contributed by atoms with Crippen molar-refractivity contribution in [2.24, 2.45) is 0 Å². The number of rotatable bonds is 6. The Morgan fingerprint density at radius 2 is 1.95 bits per heavy atom. The number of carbonyl (C=O) groups excluding carboxylic acids is 1. The monoisotopic (exact) mass is 265 g/mol. The van der Waals surface area contributed by atoms with Gasteiger partial charge in [-0.05, 0) is 31.0 Å². The summed E-state index contributed by atoms with van der Waals surface area (Å²) >= 11 is 0. The largest absolute Gasteiger partial charge is 0.480 e. The van der Waals surface area contributed by atoms with Crippen LogP contribution in [0.5, 0.6) is 0 Å². The molecule has 0 fully saturated rings. The summed E-state index contributed by atoms with van der Waals surface area (Å²) in [5.74, 6) is -1.02. The number of aliphatic carboxylic acids is 1. The van der Waals surface area contributed by atoms with E-state index in [9.17, 15) is 9.59 Å². The average Bonchev–Trinajstić information content (AvgIpc) is 2.39. The quantitative estimate of drug-likeness (QED) is 0.730. The van der Waals surface area contributed by atoms with Gasteiger partial charge in [0.05, 0.1) is 6.04 Å². The number of carbonyl (C=O) groups is 2. The Bertz CT molecular complexity index is 422. The van der Waals surface area contributed by atoms with Gasteiger partial charge in [0.2, 0.25) is 0 Å². The summed E-state index contributed by atoms with van der Waals surface area (Å²) in [5.41, 5.74) is 0.910. The van der Waals surface area contributed by atoms with Crippen molar-refractivity contribution in [1.82, 2.24) is 15.6 Å². The van der Waals surface area contributed by atoms with E-state index in [2.05, 4.69) is 15.6 Å². The number of carboxylic acids is 1. The summed E-state index contributed by atoms with van der Waals surface area (Å²) in [6.45, 7) is 3.69. The van der Waals surface area contributed by atoms with Crippen molar-refractivity contribution < 1.29 is 14.7 Å². The van der Waals surface area contributed by atoms with E-state index in [4.69, 9.17) is 5.11 Å². The van der Waals surface area contributed by atoms with Gasteiger partial charge in [0.15, 0.2) is 0 Å². The highest BCUT2D eigenvalue weighted by atomic mass is 16.4. The number of aromatic nitrogens is 1. The van der Waals surface area contributed by atoms with Crippen molar-refractivity contribution in [2.75, 3.05) is 0 Å². The van der Waals surface area contributed by atoms with Crippen molar-refractivity contribution >= 4 is 12.0 Å². The van der Waals surface area contributed by atoms with Crippen LogP contribution in [0, 0.1) is 0 Å². The lowest BCUT2D eigenvalue weighted by atomic mass is 10.1. The van der Waals surface area contributed by atoms with Gasteiger partial charge in [-0.15, -0.1) is 0 Å². The molecule has 0 radical (unpaired) electrons. The van der Waals surface area contributed by atoms with Gasteiger partial charge in [-0.2, -0.15) is 0 Å². The zero-order chi connectivity index (χ0) is 14.3. The van der Waals surface area contributed by atoms with Gasteiger partial charge in [0.25, 0.3) is 0 Å². The molecule has 6 nitrogen and oxygen atoms in total. The molecule has 0 aliphatic rings. The van der Waals surface area contributed by atoms with E-state index in [0.29, 0.717) is 12.8 Å². The number of pyridine rings is 1. The van der Waals surface area contributed by atoms with Gasteiger partial charge in [-0.3, -0.25) is 4.98 Å². The normalized spacial score (nSPS) is 13.4. The van der Waals surface area contributed by atoms with E-state index in [1.165, 1.54) is 0 Å². The van der Waals surface area contributed by atoms with Crippen LogP contribution in [0.1, 0.15) is 38.3 Å². The predicted molar refractivity (Wildman–Crippen MR) is 70.7 cm³/mol. The van der Waals surface area contributed by atoms with E-state index in [0.717, 1.165) is 5.56 Å². The number of amides is 2. The summed E-state index contributed by atoms with van der Waals surface area (Å²) in [6.07, 6.45) is 4.38. The van der Waals surface area contributed by atoms with Crippen LogP contribution in [0.3, 0.4) is 0 Å². The van der Waals surface area contributed by atoms with Crippen LogP contribution in [0.25, 0.3) is 0 Å². The molecule has 1 heterocycles. The van der Waals surface area contributed by atoms with E-state index >= 15 is 0 Å². The van der Waals surface area contributed by atoms with Crippen molar-refractivity contribution in [1.29, 1.82) is 0 Å². The summed E-state index contributed by atoms with van der Waals surface area (Å²) < 4.78 is 0. The van der Waals surface area contributed by atoms with E-state index in [1.54, 1.807) is 24.5 Å². The van der Waals surface area contributed by atoms with Crippen LogP contribution in [0.2, 0.25) is 0 Å². The van der Waals surface area contributed by atoms with Crippen LogP contribution >= 0.6 is 0 Å². The van der Waals surface area contributed by atoms with Crippen molar-refractivity contribution in [2.45, 2.75) is 38.8 Å². The molecule has 1 rings (SSSR count). The molecule has 19 heavy (non-hydrogen) atoms. The van der Waals surface area contributed by atoms with Crippen molar-refractivity contribution in [3.63, 3.8) is 0 Å². The van der Waals surface area contributed by atoms with Gasteiger partial charge in [0, 0.05) is 12.4 Å². The van der Waals surface area contributed by atoms with Gasteiger partial charge < -0.3 is 15.7 Å². The number of nitrogens with zero attached hydrogens (tertiary/aromatic N) is 1. The molecule has 0 saturated heterocycles. The maximum atomic E-state index is 11.7. The minimum Gasteiger partial charge on any atom is -0.480 e. The first-order chi connectivity index (χ1) is 9.04. The van der Waals surface area contributed by atoms with Crippen LogP contribution in [0.4, 0.5) is 4.79 Å². The average molecular weight is 265 g/mol. The Labute approximate surface area is 112 Å². The molecule has 2 atom stereocenters. The smallest absolute Gasteiger partial charge is 0.326 e. The first kappa shape index (κ1) is 14.9. The molecule has 0 spiro atoms. The molecule has 0 aliphatic carbocycles. The third-order valence-corrected chi connectivity index (χ3v) is 2.73. The second-order valence-electron chi connectivity index (χ2n) is 4.30. The molecular weight excluding hydrogens is 246 g/mol. The third kappa shape index (κ3) is 4.95. The van der Waals surface area contributed by atoms with Crippen LogP contribution in [0.15, 0.2) is 24.5 Å². The van der Waals surface area contributed by atoms with Crippen LogP contribution in [-0.4, -0.2) is 28.1 Å². The van der Waals surface area contributed by atoms with Gasteiger partial charge >= 0.3 is 12.0 Å². The zero-order valence-electron chi connectivity index (χ0n) is 11.1. The Kier molecular flexibility index (Phi) is 5.78. The maximum absolute atomic E-state index is 11.7. The first-order valence-corrected chi connectivity index (χ1v) is 6.24. The van der Waals surface area contributed by atoms with E-state index < -0.39 is 18.0 Å². The lowest BCUT2D eigenvalue weighted by Crippen LogP contribution is -2.46. The summed E-state index contributed by atoms with van der Waals surface area (Å²) in [5, 5.41) is 14.1. The predicted octanol–water partition coefficient (Wildman–Crippen LogP) is 1.70. The molecule has 0 saturated carbocycles. The molecule has 104 valence electrons. The van der Waals surface area contributed by atoms with E-state index in [1.807, 2.05) is 13.8 Å². The highest BCUT2D eigenvalue weighted by Gasteiger charge is 2.19. The molecule has 1 aromatic rings. The van der Waals surface area contributed by atoms with E-state index in [-0.39, 0.29) is 6.04 Å². The zero-order valence-corrected chi connectivity index (χ0v) is 11.1. The number of urea groups is 1. The SMILES string of the molecule is CCC[C@H](NC(=O)NC(C)c1ccncc1)C(=O)O. The fraction of sp³-hybridized carbons (Fsp3) is 0.462. The molecule has 0 bridgehead atoms. The molecule has 2 amide bonds. The highest BCUT2D eigenvalue weighted by Crippen LogP contribution is 2.09. The summed E-state index contributed by atoms with van der Waals surface area (Å²) in [4.78, 5) is 26.5. The standard InChI is InChI=1S/C13H19N3O3/c1-3-4-11(12(17)18)16-13(19)15-9(2)10-5-7-14-8-6-10/h5-9,11H,3-4H2,1-2H3,(H,17,18)(H2,15,16,19)/t9?,11-/m0/s1. The number of hydrogen-bond acceptors (Lipinski definition) is 3. The summed E-state index contributed by atoms with van der Waals surface area (Å²) in [6, 6.07) is 2.05. The fourth-order valence-electron chi connectivity index (χ4n) is 1.68. The second-order valence-corrected chi connectivity index (χ2v) is 4.30. The maximum Gasteiger partial charge on any atom is 0.326 e. The lowest BCUT2D eigenvalue weighted by Gasteiger charge is -2.18. The van der Waals surface area contributed by atoms with Gasteiger partial charge in [0.1, 0.15) is 6.04 Å². The van der Waals surface area contributed by atoms with Crippen molar-refractivity contribution in [3.8, 4) is 0 Å². The van der Waals surface area contributed by atoms with Gasteiger partial charge in [-0.1, -0.05) is 13.3 Å². The molecule has 1 aromatic heterocycles. The van der Waals surface area contributed by atoms with Crippen LogP contribution in [-0.2, 0) is 4.79 Å². The summed E-state index contributed by atoms with van der Waals surface area (Å²) in [7, 11) is 0. The fourth-order valence-corrected chi connectivity index (χ4v) is 1.68. The molecule has 1 unspecified atom stereocenters. The topological polar surface area (TPSA) is 91.3 Å². The Morgan fingerprint density at radius 3 is 2.47 bits per heavy atom. The minimum absolute atomic E-state index is 0.209. The molecule has 0 aromatic carbocycles. The van der Waals surface area contributed by atoms with Crippen molar-refractivity contribution in [3.05, 3.63) is 30.1 Å². The molecule has 3 N–H and O–H groups in total. The second kappa shape index (κ2) is 7.35. The lowest BCUT2D eigenvalue weighted by molar-refractivity contribution is -0.139. The minimum atomic E-state index is -1.02. The number of nitrogens with one attached hydrogen (secondary N) is 2. The Balaban J connectivity index is 2.52. The molecule has 6 heteroatoms. The number of hydrogen-bond donors (Lipinski definition) is 3. The van der Waals surface area contributed by atoms with Crippen LogP contribution < -0.4 is 10.6 Å². The molecular formula is C13H19N3O3. The Morgan fingerprint density at radius 1 is 1.32 bits per heavy atom.